The number of aliphatic carboxylic acids is 1. The number of carboxylic acids is 1. The highest BCUT2D eigenvalue weighted by Crippen LogP contribution is 2.26. The highest BCUT2D eigenvalue weighted by molar-refractivity contribution is 7.93. The number of esters is 1. The van der Waals surface area contributed by atoms with E-state index in [2.05, 4.69) is 4.74 Å². The summed E-state index contributed by atoms with van der Waals surface area (Å²) in [5.74, 6) is -2.47. The van der Waals surface area contributed by atoms with Crippen molar-refractivity contribution in [3.8, 4) is 0 Å². The Morgan fingerprint density at radius 3 is 1.41 bits per heavy atom. The Morgan fingerprint density at radius 1 is 0.667 bits per heavy atom. The minimum atomic E-state index is -3.85. The van der Waals surface area contributed by atoms with Crippen molar-refractivity contribution < 1.29 is 45.0 Å². The number of hydrogen-bond acceptors (Lipinski definition) is 7. The van der Waals surface area contributed by atoms with Crippen LogP contribution in [0.25, 0.3) is 12.2 Å². The number of halogens is 2. The number of anilines is 2. The van der Waals surface area contributed by atoms with Crippen molar-refractivity contribution in [3.63, 3.8) is 0 Å². The molecule has 0 aliphatic heterocycles. The Kier molecular flexibility index (Phi) is 15.3. The smallest absolute Gasteiger partial charge is 0.330 e. The van der Waals surface area contributed by atoms with Gasteiger partial charge in [-0.15, -0.1) is 0 Å². The van der Waals surface area contributed by atoms with Crippen molar-refractivity contribution in [3.05, 3.63) is 131 Å². The SMILES string of the molecule is CC.COC(=O)/C=C/c1cccc(S(=O)(=O)N(C)c2ccc(F)c(C)c2)c1.Cc1cc(N(C)S(=O)(=O)c2cccc(/C=C/C(=O)O)c2)ccc1F. The van der Waals surface area contributed by atoms with E-state index in [1.807, 2.05) is 13.8 Å². The van der Waals surface area contributed by atoms with Crippen LogP contribution in [-0.2, 0) is 34.4 Å². The summed E-state index contributed by atoms with van der Waals surface area (Å²) in [6, 6.07) is 20.2. The standard InChI is InChI=1S/C18H18FNO4S.C17H16FNO4S.C2H6/c1-13-11-15(8-9-17(13)19)20(2)25(22,23)16-6-4-5-14(12-16)7-10-18(21)24-3;1-12-10-14(7-8-16(12)18)19(2)24(22,23)15-5-3-4-13(11-15)6-9-17(20)21;1-2/h4-12H,1-3H3;3-11H,1-2H3,(H,20,21);1-2H3/b10-7+;9-6+;. The predicted octanol–water partition coefficient (Wildman–Crippen LogP) is 7.23. The van der Waals surface area contributed by atoms with Gasteiger partial charge in [-0.25, -0.2) is 35.2 Å². The van der Waals surface area contributed by atoms with Gasteiger partial charge in [-0.1, -0.05) is 38.1 Å². The van der Waals surface area contributed by atoms with E-state index in [0.29, 0.717) is 33.6 Å². The van der Waals surface area contributed by atoms with Crippen LogP contribution in [0.1, 0.15) is 36.1 Å². The molecule has 272 valence electrons. The lowest BCUT2D eigenvalue weighted by Gasteiger charge is -2.20. The van der Waals surface area contributed by atoms with Crippen LogP contribution in [0.5, 0.6) is 0 Å². The van der Waals surface area contributed by atoms with E-state index in [1.54, 1.807) is 32.0 Å². The molecule has 0 fully saturated rings. The molecule has 0 spiro atoms. The quantitative estimate of drug-likeness (QED) is 0.133. The molecule has 0 atom stereocenters. The maximum Gasteiger partial charge on any atom is 0.330 e. The fourth-order valence-corrected chi connectivity index (χ4v) is 6.69. The fraction of sp³-hybridized carbons (Fsp3) is 0.189. The summed E-state index contributed by atoms with van der Waals surface area (Å²) in [5, 5.41) is 8.65. The summed E-state index contributed by atoms with van der Waals surface area (Å²) in [7, 11) is -3.64. The Morgan fingerprint density at radius 2 is 1.06 bits per heavy atom. The molecule has 4 rings (SSSR count). The van der Waals surface area contributed by atoms with Gasteiger partial charge in [-0.3, -0.25) is 8.61 Å². The highest BCUT2D eigenvalue weighted by Gasteiger charge is 2.23. The number of carbonyl (C=O) groups excluding carboxylic acids is 1. The molecule has 0 aliphatic rings. The zero-order valence-corrected chi connectivity index (χ0v) is 30.8. The molecule has 14 heteroatoms. The molecule has 51 heavy (non-hydrogen) atoms. The summed E-state index contributed by atoms with van der Waals surface area (Å²) in [5.41, 5.74) is 2.37. The van der Waals surface area contributed by atoms with Crippen LogP contribution in [-0.4, -0.2) is 55.1 Å². The van der Waals surface area contributed by atoms with Crippen LogP contribution in [0.2, 0.25) is 0 Å². The van der Waals surface area contributed by atoms with Crippen molar-refractivity contribution in [1.82, 2.24) is 0 Å². The van der Waals surface area contributed by atoms with Gasteiger partial charge in [0.1, 0.15) is 11.6 Å². The van der Waals surface area contributed by atoms with Gasteiger partial charge < -0.3 is 9.84 Å². The van der Waals surface area contributed by atoms with Gasteiger partial charge >= 0.3 is 11.9 Å². The van der Waals surface area contributed by atoms with E-state index in [4.69, 9.17) is 5.11 Å². The van der Waals surface area contributed by atoms with E-state index in [9.17, 15) is 35.2 Å². The molecule has 10 nitrogen and oxygen atoms in total. The molecule has 0 amide bonds. The predicted molar refractivity (Wildman–Crippen MR) is 195 cm³/mol. The van der Waals surface area contributed by atoms with Crippen LogP contribution in [0, 0.1) is 25.5 Å². The summed E-state index contributed by atoms with van der Waals surface area (Å²) in [6.07, 6.45) is 4.91. The van der Waals surface area contributed by atoms with Crippen molar-refractivity contribution in [2.75, 3.05) is 29.8 Å². The number of carbonyl (C=O) groups is 2. The van der Waals surface area contributed by atoms with Crippen LogP contribution in [0.3, 0.4) is 0 Å². The zero-order chi connectivity index (χ0) is 38.5. The van der Waals surface area contributed by atoms with E-state index >= 15 is 0 Å². The Bertz CT molecular complexity index is 2130. The third-order valence-electron chi connectivity index (χ3n) is 7.07. The number of benzene rings is 4. The fourth-order valence-electron chi connectivity index (χ4n) is 4.20. The average molecular weight is 743 g/mol. The van der Waals surface area contributed by atoms with Crippen LogP contribution < -0.4 is 8.61 Å². The van der Waals surface area contributed by atoms with Crippen molar-refractivity contribution in [2.24, 2.45) is 0 Å². The first-order valence-electron chi connectivity index (χ1n) is 15.3. The van der Waals surface area contributed by atoms with E-state index in [1.165, 1.54) is 106 Å². The lowest BCUT2D eigenvalue weighted by molar-refractivity contribution is -0.135. The number of rotatable bonds is 10. The molecule has 0 saturated carbocycles. The molecular formula is C37H40F2N2O8S2. The molecule has 4 aromatic carbocycles. The molecule has 0 aliphatic carbocycles. The monoisotopic (exact) mass is 742 g/mol. The lowest BCUT2D eigenvalue weighted by Crippen LogP contribution is -2.26. The van der Waals surface area contributed by atoms with Crippen molar-refractivity contribution in [2.45, 2.75) is 37.5 Å². The van der Waals surface area contributed by atoms with Gasteiger partial charge in [-0.05, 0) is 109 Å². The summed E-state index contributed by atoms with van der Waals surface area (Å²) < 4.78 is 84.4. The number of carboxylic acid groups (broad SMARTS) is 1. The van der Waals surface area contributed by atoms with Crippen LogP contribution >= 0.6 is 0 Å². The third kappa shape index (κ3) is 11.3. The zero-order valence-electron chi connectivity index (χ0n) is 29.2. The highest BCUT2D eigenvalue weighted by atomic mass is 32.2. The van der Waals surface area contributed by atoms with E-state index < -0.39 is 43.6 Å². The number of aryl methyl sites for hydroxylation is 2. The first-order chi connectivity index (χ1) is 24.0. The molecule has 4 aromatic rings. The molecule has 0 bridgehead atoms. The summed E-state index contributed by atoms with van der Waals surface area (Å²) >= 11 is 0. The second-order valence-corrected chi connectivity index (χ2v) is 14.4. The first-order valence-corrected chi connectivity index (χ1v) is 18.2. The van der Waals surface area contributed by atoms with Gasteiger partial charge in [0.25, 0.3) is 20.0 Å². The lowest BCUT2D eigenvalue weighted by atomic mass is 10.2. The normalized spacial score (nSPS) is 11.2. The second kappa shape index (κ2) is 18.6. The molecule has 0 radical (unpaired) electrons. The topological polar surface area (TPSA) is 138 Å². The van der Waals surface area contributed by atoms with Gasteiger partial charge in [0, 0.05) is 26.2 Å². The van der Waals surface area contributed by atoms with Crippen molar-refractivity contribution >= 4 is 55.5 Å². The Balaban J connectivity index is 0.000000337. The maximum atomic E-state index is 13.4. The van der Waals surface area contributed by atoms with Gasteiger partial charge in [0.05, 0.1) is 28.3 Å². The minimum Gasteiger partial charge on any atom is -0.478 e. The van der Waals surface area contributed by atoms with Crippen molar-refractivity contribution in [1.29, 1.82) is 0 Å². The van der Waals surface area contributed by atoms with E-state index in [-0.39, 0.29) is 9.79 Å². The minimum absolute atomic E-state index is 0.0134. The second-order valence-electron chi connectivity index (χ2n) is 10.5. The average Bonchev–Trinajstić information content (AvgIpc) is 3.12. The van der Waals surface area contributed by atoms with Crippen LogP contribution in [0.15, 0.2) is 107 Å². The molecule has 1 N–H and O–H groups in total. The number of nitrogens with zero attached hydrogens (tertiary/aromatic N) is 2. The summed E-state index contributed by atoms with van der Waals surface area (Å²) in [4.78, 5) is 21.8. The maximum absolute atomic E-state index is 13.4. The molecule has 0 unspecified atom stereocenters. The van der Waals surface area contributed by atoms with E-state index in [0.717, 1.165) is 14.7 Å². The number of ether oxygens (including phenoxy) is 1. The molecule has 0 heterocycles. The summed E-state index contributed by atoms with van der Waals surface area (Å²) in [6.45, 7) is 7.12. The van der Waals surface area contributed by atoms with Gasteiger partial charge in [0.15, 0.2) is 0 Å². The molecule has 0 aromatic heterocycles. The molecule has 0 saturated heterocycles. The van der Waals surface area contributed by atoms with Gasteiger partial charge in [0.2, 0.25) is 0 Å². The third-order valence-corrected chi connectivity index (χ3v) is 10.6. The van der Waals surface area contributed by atoms with Crippen LogP contribution in [0.4, 0.5) is 20.2 Å². The number of methoxy groups -OCH3 is 1. The largest absolute Gasteiger partial charge is 0.478 e. The number of sulfonamides is 2. The first kappa shape index (κ1) is 41.8. The number of hydrogen-bond donors (Lipinski definition) is 1. The van der Waals surface area contributed by atoms with Gasteiger partial charge in [-0.2, -0.15) is 0 Å². The molecular weight excluding hydrogens is 703 g/mol. The Labute approximate surface area is 298 Å². The Hall–Kier alpha value is -5.34.